The summed E-state index contributed by atoms with van der Waals surface area (Å²) >= 11 is 0. The molecule has 0 bridgehead atoms. The van der Waals surface area contributed by atoms with E-state index < -0.39 is 0 Å². The second-order valence-corrected chi connectivity index (χ2v) is 4.05. The average Bonchev–Trinajstić information content (AvgIpc) is 2.70. The lowest BCUT2D eigenvalue weighted by molar-refractivity contribution is 0.172. The zero-order valence-corrected chi connectivity index (χ0v) is 9.88. The number of benzene rings is 1. The molecule has 0 spiro atoms. The molecule has 0 fully saturated rings. The first-order chi connectivity index (χ1) is 8.68. The molecule has 0 radical (unpaired) electrons. The number of hydrogen-bond donors (Lipinski definition) is 2. The van der Waals surface area contributed by atoms with Gasteiger partial charge < -0.3 is 20.3 Å². The molecule has 3 N–H and O–H groups in total. The minimum atomic E-state index is 0.0963. The Labute approximate surface area is 104 Å². The van der Waals surface area contributed by atoms with Crippen LogP contribution in [0.5, 0.6) is 17.2 Å². The van der Waals surface area contributed by atoms with Crippen LogP contribution in [0.4, 0.5) is 5.82 Å². The summed E-state index contributed by atoms with van der Waals surface area (Å²) in [5.41, 5.74) is 7.09. The number of aryl methyl sites for hydroxylation is 1. The number of aromatic hydroxyl groups is 1. The fraction of sp³-hybridized carbons (Fsp3) is 0.250. The van der Waals surface area contributed by atoms with E-state index in [1.807, 2.05) is 0 Å². The topological polar surface area (TPSA) is 82.5 Å². The maximum absolute atomic E-state index is 10.0. The fourth-order valence-electron chi connectivity index (χ4n) is 2.01. The highest BCUT2D eigenvalue weighted by atomic mass is 16.6. The summed E-state index contributed by atoms with van der Waals surface area (Å²) in [6.45, 7) is 0.948. The highest BCUT2D eigenvalue weighted by molar-refractivity contribution is 5.85. The first-order valence-corrected chi connectivity index (χ1v) is 5.58. The summed E-state index contributed by atoms with van der Waals surface area (Å²) < 4.78 is 12.6. The van der Waals surface area contributed by atoms with E-state index in [2.05, 4.69) is 5.10 Å². The Hall–Kier alpha value is -2.37. The van der Waals surface area contributed by atoms with Crippen molar-refractivity contribution in [3.8, 4) is 28.4 Å². The van der Waals surface area contributed by atoms with Crippen molar-refractivity contribution in [2.24, 2.45) is 7.05 Å². The number of nitrogens with zero attached hydrogens (tertiary/aromatic N) is 2. The number of nitrogens with two attached hydrogens (primary N) is 1. The molecule has 1 aromatic heterocycles. The molecule has 3 rings (SSSR count). The Kier molecular flexibility index (Phi) is 2.29. The largest absolute Gasteiger partial charge is 0.507 e. The van der Waals surface area contributed by atoms with Gasteiger partial charge in [-0.15, -0.1) is 0 Å². The molecule has 0 unspecified atom stereocenters. The van der Waals surface area contributed by atoms with E-state index in [1.54, 1.807) is 25.4 Å². The minimum Gasteiger partial charge on any atom is -0.507 e. The molecule has 6 heteroatoms. The monoisotopic (exact) mass is 247 g/mol. The van der Waals surface area contributed by atoms with Crippen molar-refractivity contribution in [1.82, 2.24) is 9.78 Å². The summed E-state index contributed by atoms with van der Waals surface area (Å²) in [5.74, 6) is 1.69. The molecule has 1 aliphatic rings. The number of anilines is 1. The lowest BCUT2D eigenvalue weighted by Crippen LogP contribution is -2.16. The Morgan fingerprint density at radius 3 is 2.83 bits per heavy atom. The SMILES string of the molecule is Cn1ncc(-c2c(O)ccc3c2OCCO3)c1N. The molecule has 94 valence electrons. The summed E-state index contributed by atoms with van der Waals surface area (Å²) in [7, 11) is 1.74. The average molecular weight is 247 g/mol. The van der Waals surface area contributed by atoms with Gasteiger partial charge in [0, 0.05) is 7.05 Å². The van der Waals surface area contributed by atoms with Crippen LogP contribution in [0.3, 0.4) is 0 Å². The third kappa shape index (κ3) is 1.46. The quantitative estimate of drug-likeness (QED) is 0.789. The fourth-order valence-corrected chi connectivity index (χ4v) is 2.01. The van der Waals surface area contributed by atoms with E-state index >= 15 is 0 Å². The van der Waals surface area contributed by atoms with Gasteiger partial charge >= 0.3 is 0 Å². The Bertz CT molecular complexity index is 607. The van der Waals surface area contributed by atoms with Crippen molar-refractivity contribution in [1.29, 1.82) is 0 Å². The summed E-state index contributed by atoms with van der Waals surface area (Å²) in [5, 5.41) is 14.1. The van der Waals surface area contributed by atoms with E-state index in [-0.39, 0.29) is 5.75 Å². The third-order valence-corrected chi connectivity index (χ3v) is 2.94. The summed E-state index contributed by atoms with van der Waals surface area (Å²) in [4.78, 5) is 0. The molecular formula is C12H13N3O3. The highest BCUT2D eigenvalue weighted by Gasteiger charge is 2.23. The van der Waals surface area contributed by atoms with Gasteiger partial charge in [-0.2, -0.15) is 5.10 Å². The van der Waals surface area contributed by atoms with E-state index in [9.17, 15) is 5.11 Å². The molecule has 0 aliphatic carbocycles. The van der Waals surface area contributed by atoms with Crippen LogP contribution < -0.4 is 15.2 Å². The molecule has 1 aromatic carbocycles. The van der Waals surface area contributed by atoms with Gasteiger partial charge in [0.15, 0.2) is 11.5 Å². The van der Waals surface area contributed by atoms with Crippen molar-refractivity contribution >= 4 is 5.82 Å². The summed E-state index contributed by atoms with van der Waals surface area (Å²) in [6.07, 6.45) is 1.60. The van der Waals surface area contributed by atoms with Gasteiger partial charge in [-0.05, 0) is 12.1 Å². The number of hydrogen-bond acceptors (Lipinski definition) is 5. The Morgan fingerprint density at radius 2 is 2.11 bits per heavy atom. The molecule has 6 nitrogen and oxygen atoms in total. The van der Waals surface area contributed by atoms with Gasteiger partial charge in [-0.1, -0.05) is 0 Å². The number of aromatic nitrogens is 2. The molecule has 2 aromatic rings. The molecule has 0 saturated carbocycles. The molecule has 18 heavy (non-hydrogen) atoms. The second kappa shape index (κ2) is 3.83. The lowest BCUT2D eigenvalue weighted by Gasteiger charge is -2.21. The van der Waals surface area contributed by atoms with Gasteiger partial charge in [0.25, 0.3) is 0 Å². The van der Waals surface area contributed by atoms with Gasteiger partial charge in [-0.25, -0.2) is 0 Å². The van der Waals surface area contributed by atoms with Crippen molar-refractivity contribution in [3.63, 3.8) is 0 Å². The van der Waals surface area contributed by atoms with Crippen LogP contribution in [0.1, 0.15) is 0 Å². The Morgan fingerprint density at radius 1 is 1.33 bits per heavy atom. The smallest absolute Gasteiger partial charge is 0.173 e. The van der Waals surface area contributed by atoms with Crippen molar-refractivity contribution < 1.29 is 14.6 Å². The maximum atomic E-state index is 10.0. The zero-order valence-electron chi connectivity index (χ0n) is 9.88. The minimum absolute atomic E-state index is 0.0963. The van der Waals surface area contributed by atoms with Gasteiger partial charge in [0.2, 0.25) is 0 Å². The predicted molar refractivity (Wildman–Crippen MR) is 65.7 cm³/mol. The molecule has 0 saturated heterocycles. The number of phenols is 1. The Balaban J connectivity index is 2.25. The molecule has 2 heterocycles. The van der Waals surface area contributed by atoms with E-state index in [4.69, 9.17) is 15.2 Å². The zero-order chi connectivity index (χ0) is 12.7. The first kappa shape index (κ1) is 10.8. The molecular weight excluding hydrogens is 234 g/mol. The van der Waals surface area contributed by atoms with Gasteiger partial charge in [0.1, 0.15) is 24.8 Å². The van der Waals surface area contributed by atoms with E-state index in [1.165, 1.54) is 4.68 Å². The van der Waals surface area contributed by atoms with Gasteiger partial charge in [0.05, 0.1) is 17.3 Å². The molecule has 0 amide bonds. The van der Waals surface area contributed by atoms with Crippen LogP contribution in [0.15, 0.2) is 18.3 Å². The lowest BCUT2D eigenvalue weighted by atomic mass is 10.1. The first-order valence-electron chi connectivity index (χ1n) is 5.58. The van der Waals surface area contributed by atoms with Crippen LogP contribution in [-0.4, -0.2) is 28.1 Å². The van der Waals surface area contributed by atoms with Crippen LogP contribution in [0.25, 0.3) is 11.1 Å². The molecule has 1 aliphatic heterocycles. The van der Waals surface area contributed by atoms with Crippen LogP contribution in [-0.2, 0) is 7.05 Å². The number of rotatable bonds is 1. The number of ether oxygens (including phenoxy) is 2. The third-order valence-electron chi connectivity index (χ3n) is 2.94. The van der Waals surface area contributed by atoms with Gasteiger partial charge in [-0.3, -0.25) is 4.68 Å². The maximum Gasteiger partial charge on any atom is 0.173 e. The summed E-state index contributed by atoms with van der Waals surface area (Å²) in [6, 6.07) is 3.25. The van der Waals surface area contributed by atoms with Crippen molar-refractivity contribution in [2.45, 2.75) is 0 Å². The predicted octanol–water partition coefficient (Wildman–Crippen LogP) is 1.15. The molecule has 0 atom stereocenters. The van der Waals surface area contributed by atoms with E-state index in [0.717, 1.165) is 0 Å². The van der Waals surface area contributed by atoms with E-state index in [0.29, 0.717) is 41.7 Å². The number of phenolic OH excluding ortho intramolecular Hbond substituents is 1. The second-order valence-electron chi connectivity index (χ2n) is 4.05. The normalized spacial score (nSPS) is 13.6. The van der Waals surface area contributed by atoms with Crippen molar-refractivity contribution in [3.05, 3.63) is 18.3 Å². The number of nitrogen functional groups attached to an aromatic ring is 1. The highest BCUT2D eigenvalue weighted by Crippen LogP contribution is 2.46. The van der Waals surface area contributed by atoms with Crippen molar-refractivity contribution in [2.75, 3.05) is 18.9 Å². The van der Waals surface area contributed by atoms with Crippen LogP contribution in [0.2, 0.25) is 0 Å². The number of fused-ring (bicyclic) bond motifs is 1. The standard InChI is InChI=1S/C12H13N3O3/c1-15-12(13)7(6-14-15)10-8(16)2-3-9-11(10)18-5-4-17-9/h2-3,6,16H,4-5,13H2,1H3. The van der Waals surface area contributed by atoms with Crippen LogP contribution in [0, 0.1) is 0 Å². The van der Waals surface area contributed by atoms with Crippen LogP contribution >= 0.6 is 0 Å².